The molecular weight excluding hydrogens is 1600 g/mol. The number of thioether (sulfide) groups is 1. The average Bonchev–Trinajstić information content (AvgIpc) is 1.46. The van der Waals surface area contributed by atoms with Crippen LogP contribution in [-0.2, 0) is 53.4 Å². The van der Waals surface area contributed by atoms with Gasteiger partial charge in [0.25, 0.3) is 23.6 Å². The summed E-state index contributed by atoms with van der Waals surface area (Å²) in [6.45, 7) is 25.2. The van der Waals surface area contributed by atoms with Gasteiger partial charge in [-0.3, -0.25) is 58.5 Å². The molecule has 0 spiro atoms. The van der Waals surface area contributed by atoms with Crippen LogP contribution in [0.15, 0.2) is 92.2 Å². The summed E-state index contributed by atoms with van der Waals surface area (Å²) in [5.41, 5.74) is -6.16. The number of pyridine rings is 1. The number of esters is 2. The lowest BCUT2D eigenvalue weighted by Crippen LogP contribution is -2.57. The normalized spacial score (nSPS) is 26.6. The second-order valence-corrected chi connectivity index (χ2v) is 32.7. The number of aromatic nitrogens is 5. The lowest BCUT2D eigenvalue weighted by molar-refractivity contribution is -0.137. The molecule has 0 unspecified atom stereocenters. The molecule has 10 rings (SSSR count). The number of nitrogens with zero attached hydrogens (tertiary/aromatic N) is 7. The van der Waals surface area contributed by atoms with E-state index in [9.17, 15) is 68.7 Å². The Balaban J connectivity index is 1.17. The van der Waals surface area contributed by atoms with Gasteiger partial charge in [0, 0.05) is 32.8 Å². The number of aliphatic hydroxyl groups is 5. The van der Waals surface area contributed by atoms with Crippen LogP contribution in [0.25, 0.3) is 6.08 Å². The number of rotatable bonds is 11. The Bertz CT molecular complexity index is 4880. The molecule has 5 aliphatic rings. The van der Waals surface area contributed by atoms with E-state index < -0.39 is 190 Å². The largest absolute Gasteiger partial charge is 0.464 e. The summed E-state index contributed by atoms with van der Waals surface area (Å²) in [5, 5.41) is 93.5. The van der Waals surface area contributed by atoms with Crippen LogP contribution in [0.3, 0.4) is 0 Å². The number of hydrogen-bond acceptors (Lipinski definition) is 32. The second-order valence-electron chi connectivity index (χ2n) is 27.8. The second kappa shape index (κ2) is 35.7. The third-order valence-electron chi connectivity index (χ3n) is 19.1. The molecule has 16 atom stereocenters. The molecule has 9 amide bonds. The number of methoxy groups -OCH3 is 1. The number of carbonyl (C=O) groups is 11. The number of carbonyl (C=O) groups excluding carboxylic acids is 11. The fourth-order valence-electron chi connectivity index (χ4n) is 12.3. The van der Waals surface area contributed by atoms with Gasteiger partial charge >= 0.3 is 11.9 Å². The van der Waals surface area contributed by atoms with E-state index in [1.165, 1.54) is 82.1 Å². The van der Waals surface area contributed by atoms with Crippen molar-refractivity contribution in [2.75, 3.05) is 12.9 Å². The van der Waals surface area contributed by atoms with Crippen LogP contribution in [0.2, 0.25) is 0 Å². The Morgan fingerprint density at radius 2 is 1.47 bits per heavy atom. The van der Waals surface area contributed by atoms with Crippen LogP contribution in [-0.4, -0.2) is 204 Å². The number of nitrogens with one attached hydrogen (secondary N) is 11. The van der Waals surface area contributed by atoms with E-state index >= 15 is 9.59 Å². The molecule has 0 aromatic carbocycles. The summed E-state index contributed by atoms with van der Waals surface area (Å²) in [4.78, 5) is 189. The Kier molecular flexibility index (Phi) is 27.0. The minimum absolute atomic E-state index is 0.00296. The highest BCUT2D eigenvalue weighted by molar-refractivity contribution is 8.14. The maximum absolute atomic E-state index is 15.4. The topological polar surface area (TPSA) is 529 Å². The predicted octanol–water partition coefficient (Wildman–Crippen LogP) is 1.61. The first-order chi connectivity index (χ1) is 53.7. The molecule has 5 aromatic heterocycles. The molecule has 114 heavy (non-hydrogen) atoms. The van der Waals surface area contributed by atoms with Gasteiger partial charge in [-0.2, -0.15) is 0 Å². The molecule has 4 aliphatic heterocycles. The zero-order valence-electron chi connectivity index (χ0n) is 63.1. The summed E-state index contributed by atoms with van der Waals surface area (Å²) in [6.07, 6.45) is -3.23. The quantitative estimate of drug-likeness (QED) is 0.0507. The zero-order valence-corrected chi connectivity index (χ0v) is 68.0. The number of hydrogen-bond donors (Lipinski definition) is 16. The van der Waals surface area contributed by atoms with Gasteiger partial charge < -0.3 is 88.2 Å². The Morgan fingerprint density at radius 3 is 2.15 bits per heavy atom. The zero-order chi connectivity index (χ0) is 83.4. The van der Waals surface area contributed by atoms with Crippen molar-refractivity contribution in [2.24, 2.45) is 15.9 Å². The first-order valence-electron chi connectivity index (χ1n) is 35.4. The number of amides is 9. The number of cyclic esters (lactones) is 1. The van der Waals surface area contributed by atoms with E-state index in [1.54, 1.807) is 32.9 Å². The predicted molar refractivity (Wildman–Crippen MR) is 424 cm³/mol. The van der Waals surface area contributed by atoms with Gasteiger partial charge in [-0.05, 0) is 85.8 Å². The molecule has 0 fully saturated rings. The molecule has 606 valence electrons. The van der Waals surface area contributed by atoms with Gasteiger partial charge in [0.05, 0.1) is 71.7 Å². The van der Waals surface area contributed by atoms with E-state index in [4.69, 9.17) is 36.9 Å². The van der Waals surface area contributed by atoms with E-state index in [0.29, 0.717) is 0 Å². The summed E-state index contributed by atoms with van der Waals surface area (Å²) >= 11 is 10.9. The average molecular weight is 1680 g/mol. The number of ether oxygens (including phenoxy) is 2. The van der Waals surface area contributed by atoms with Crippen molar-refractivity contribution >= 4 is 156 Å². The van der Waals surface area contributed by atoms with E-state index in [0.717, 1.165) is 64.2 Å². The molecular formula is C72H84N18O18S6. The van der Waals surface area contributed by atoms with Crippen LogP contribution >= 0.6 is 69.3 Å². The standard InChI is InChI=1S/C72H84N18O18S6/c1-15-38-64-83-44(23-110-64)60(101)89-53(71(13,106)35(12)93)67-85-46(25-113-67)63(109)88-49-34(11)108-69(105)41-20-37(32(9)91)36-16-17-39(51(94)50(36)79-41)78-47(26(2)3)61(102)76-29(6)55(96)73-27(4)54(95)74-30(7)57(98)90-72(70-86-45(24-114-70)59(100)87-48(33(10)92)62(103)81-38)19-18-40(80-52(72)42-21-112-66(49)82-42)65-84-43(22-111-65)58(99)75-28(5)56(97)77-31(8)68(104)107-14/h15-17,20-22,24-26,29-30,32-35,39,44,47-49,51-53,78,91-94,106H,4-5,8,18-19,23H2,1-3,6-7,9-14H3,(H,73,96)(H,74,95)(H,75,99)(H,76,102)(H,77,97)(H,81,103)(H,87,100)(H,88,109)(H,89,101)(H,90,98)/b38-15-/t29-,30-,32-,33+,34+,35+,39+,44+,47-,48-,49-,51-,52+,53+,71+,72+/m0/s1. The molecule has 0 radical (unpaired) electrons. The highest BCUT2D eigenvalue weighted by atomic mass is 32.2. The van der Waals surface area contributed by atoms with E-state index in [1.807, 2.05) is 0 Å². The lowest BCUT2D eigenvalue weighted by Gasteiger charge is -2.41. The highest BCUT2D eigenvalue weighted by Gasteiger charge is 2.51. The number of allylic oxidation sites excluding steroid dienone is 1. The van der Waals surface area contributed by atoms with Crippen molar-refractivity contribution in [3.8, 4) is 0 Å². The van der Waals surface area contributed by atoms with Crippen molar-refractivity contribution in [3.63, 3.8) is 0 Å². The van der Waals surface area contributed by atoms with Gasteiger partial charge in [-0.1, -0.05) is 64.0 Å². The van der Waals surface area contributed by atoms with Gasteiger partial charge in [0.15, 0.2) is 0 Å². The summed E-state index contributed by atoms with van der Waals surface area (Å²) in [7, 11) is 1.06. The third-order valence-corrected chi connectivity index (χ3v) is 24.2. The first-order valence-corrected chi connectivity index (χ1v) is 40.3. The number of aliphatic hydroxyl groups excluding tert-OH is 4. The third kappa shape index (κ3) is 18.8. The first kappa shape index (κ1) is 86.3. The minimum atomic E-state index is -2.14. The maximum atomic E-state index is 15.4. The number of fused-ring (bicyclic) bond motifs is 7. The van der Waals surface area contributed by atoms with Crippen LogP contribution in [0, 0.1) is 5.92 Å². The molecule has 13 bridgehead atoms. The molecule has 42 heteroatoms. The van der Waals surface area contributed by atoms with Gasteiger partial charge in [-0.25, -0.2) is 34.5 Å². The highest BCUT2D eigenvalue weighted by Crippen LogP contribution is 2.48. The smallest absolute Gasteiger partial charge is 0.357 e. The summed E-state index contributed by atoms with van der Waals surface area (Å²) in [6, 6.07) is -11.1. The van der Waals surface area contributed by atoms with Crippen molar-refractivity contribution in [1.29, 1.82) is 0 Å². The van der Waals surface area contributed by atoms with Gasteiger partial charge in [0.1, 0.15) is 124 Å². The maximum Gasteiger partial charge on any atom is 0.357 e. The molecule has 5 aromatic rings. The van der Waals surface area contributed by atoms with Crippen LogP contribution in [0.1, 0.15) is 192 Å². The number of aliphatic imine (C=N–C) groups is 2. The van der Waals surface area contributed by atoms with E-state index in [-0.39, 0.29) is 99.7 Å². The molecule has 0 saturated heterocycles. The molecule has 1 aliphatic carbocycles. The molecule has 0 saturated carbocycles. The van der Waals surface area contributed by atoms with Crippen LogP contribution < -0.4 is 58.5 Å². The Labute approximate surface area is 677 Å². The Hall–Kier alpha value is -10.1. The number of thiazole rings is 4. The van der Waals surface area contributed by atoms with E-state index in [2.05, 4.69) is 97.9 Å². The molecule has 16 N–H and O–H groups in total. The van der Waals surface area contributed by atoms with Crippen molar-refractivity contribution < 1.29 is 87.7 Å². The minimum Gasteiger partial charge on any atom is -0.464 e. The fourth-order valence-corrected chi connectivity index (χ4v) is 17.5. The van der Waals surface area contributed by atoms with Crippen LogP contribution in [0.4, 0.5) is 0 Å². The Morgan fingerprint density at radius 1 is 0.772 bits per heavy atom. The number of thiocarbonyl (C=S) groups is 1. The summed E-state index contributed by atoms with van der Waals surface area (Å²) < 4.78 is 10.9. The van der Waals surface area contributed by atoms with Crippen LogP contribution in [0.5, 0.6) is 0 Å². The molecule has 9 heterocycles. The fraction of sp³-hybridized carbons (Fsp3) is 0.431. The summed E-state index contributed by atoms with van der Waals surface area (Å²) in [5.74, 6) is -10.9. The van der Waals surface area contributed by atoms with Gasteiger partial charge in [-0.15, -0.1) is 57.1 Å². The van der Waals surface area contributed by atoms with Crippen molar-refractivity contribution in [2.45, 2.75) is 178 Å². The van der Waals surface area contributed by atoms with Crippen molar-refractivity contribution in [1.82, 2.24) is 83.4 Å². The molecule has 36 nitrogen and oxygen atoms in total. The van der Waals surface area contributed by atoms with Crippen molar-refractivity contribution in [3.05, 3.63) is 148 Å². The monoisotopic (exact) mass is 1680 g/mol. The SMILES string of the molecule is C=C(NC(=O)c1csc(C2=N[C@@H]3c4csc(n4)[C@H]4NC(=S)c5csc(n5)[C@H]([C@](C)(O)[C@@H](C)O)NC(=O)[C@H]5CSC(=N5)/C(=C/C)NC(=O)[C@H]([C@@H](C)O)NC(=O)c5csc(n5)[C@]3(CC2)NC(=O)[C@H](C)NC(=O)C(=C)NC(=O)[C@H](C)NC(=O)[C@H](C(C)C)N[C@@H]2C=Cc3c([C@H](C)O)cc(nc3[C@H]2O)C(=O)O[C@@H]4C)n1)C(=O)NC(=C)C(=O)OC. The lowest BCUT2D eigenvalue weighted by atomic mass is 9.80. The van der Waals surface area contributed by atoms with Gasteiger partial charge in [0.2, 0.25) is 29.5 Å².